The Balaban J connectivity index is 2.77. The number of imidazole rings is 1. The summed E-state index contributed by atoms with van der Waals surface area (Å²) < 4.78 is 4.85. The largest absolute Gasteiger partial charge is 0.328 e. The number of aromatic amines is 1. The number of aromatic nitrogens is 4. The van der Waals surface area contributed by atoms with E-state index in [0.717, 1.165) is 21.6 Å². The van der Waals surface area contributed by atoms with Crippen molar-refractivity contribution in [3.8, 4) is 0 Å². The second-order valence-corrected chi connectivity index (χ2v) is 6.14. The van der Waals surface area contributed by atoms with Gasteiger partial charge in [-0.15, -0.1) is 0 Å². The minimum atomic E-state index is 0.158. The lowest BCUT2D eigenvalue weighted by Gasteiger charge is -2.28. The minimum absolute atomic E-state index is 0.158. The number of rotatable bonds is 1. The Hall–Kier alpha value is -1.10. The van der Waals surface area contributed by atoms with Gasteiger partial charge in [0.1, 0.15) is 5.52 Å². The fraction of sp³-hybridized carbons (Fsp3) is 0.667. The van der Waals surface area contributed by atoms with E-state index >= 15 is 0 Å². The van der Waals surface area contributed by atoms with Crippen molar-refractivity contribution in [2.24, 2.45) is 12.5 Å². The lowest BCUT2D eigenvalue weighted by Crippen LogP contribution is -2.22. The minimum Gasteiger partial charge on any atom is -0.328 e. The van der Waals surface area contributed by atoms with Gasteiger partial charge >= 0.3 is 0 Å². The second-order valence-electron chi connectivity index (χ2n) is 5.75. The van der Waals surface area contributed by atoms with Crippen LogP contribution in [0.1, 0.15) is 39.4 Å². The van der Waals surface area contributed by atoms with Gasteiger partial charge < -0.3 is 4.98 Å². The standard InChI is InChI=1S/C12H20N4S/c1-7-9-10(15(6)14-7)16(11(17)13-9)8(2)12(3,4)5/h8H,1-6H3,(H,13,17). The van der Waals surface area contributed by atoms with Crippen LogP contribution < -0.4 is 0 Å². The molecule has 0 aliphatic carbocycles. The summed E-state index contributed by atoms with van der Waals surface area (Å²) in [6.45, 7) is 10.9. The van der Waals surface area contributed by atoms with Crippen molar-refractivity contribution in [3.05, 3.63) is 10.5 Å². The van der Waals surface area contributed by atoms with Crippen molar-refractivity contribution < 1.29 is 0 Å². The maximum atomic E-state index is 5.44. The van der Waals surface area contributed by atoms with Gasteiger partial charge in [-0.1, -0.05) is 20.8 Å². The number of fused-ring (bicyclic) bond motifs is 1. The molecular weight excluding hydrogens is 232 g/mol. The van der Waals surface area contributed by atoms with Crippen LogP contribution in [0.25, 0.3) is 11.2 Å². The van der Waals surface area contributed by atoms with Crippen LogP contribution in [-0.2, 0) is 7.05 Å². The highest BCUT2D eigenvalue weighted by molar-refractivity contribution is 7.71. The molecule has 0 spiro atoms. The van der Waals surface area contributed by atoms with E-state index in [1.165, 1.54) is 0 Å². The summed E-state index contributed by atoms with van der Waals surface area (Å²) in [5.41, 5.74) is 3.28. The molecule has 0 radical (unpaired) electrons. The summed E-state index contributed by atoms with van der Waals surface area (Å²) in [6, 6.07) is 0.318. The molecule has 0 aromatic carbocycles. The van der Waals surface area contributed by atoms with Crippen LogP contribution in [0.5, 0.6) is 0 Å². The van der Waals surface area contributed by atoms with Gasteiger partial charge in [0.15, 0.2) is 10.4 Å². The van der Waals surface area contributed by atoms with Gasteiger partial charge in [-0.05, 0) is 31.5 Å². The molecule has 5 heteroatoms. The zero-order valence-corrected chi connectivity index (χ0v) is 12.1. The van der Waals surface area contributed by atoms with Gasteiger partial charge in [0.05, 0.1) is 5.69 Å². The molecule has 0 saturated heterocycles. The lowest BCUT2D eigenvalue weighted by atomic mass is 9.88. The molecular formula is C12H20N4S. The van der Waals surface area contributed by atoms with E-state index in [2.05, 4.69) is 42.3 Å². The zero-order valence-electron chi connectivity index (χ0n) is 11.3. The van der Waals surface area contributed by atoms with E-state index in [4.69, 9.17) is 12.2 Å². The molecule has 0 aliphatic rings. The Morgan fingerprint density at radius 3 is 2.47 bits per heavy atom. The molecule has 2 rings (SSSR count). The molecule has 1 N–H and O–H groups in total. The Morgan fingerprint density at radius 1 is 1.35 bits per heavy atom. The first-order valence-electron chi connectivity index (χ1n) is 5.87. The van der Waals surface area contributed by atoms with E-state index in [-0.39, 0.29) is 5.41 Å². The molecule has 0 saturated carbocycles. The molecule has 2 heterocycles. The maximum absolute atomic E-state index is 5.44. The van der Waals surface area contributed by atoms with E-state index in [1.54, 1.807) is 0 Å². The monoisotopic (exact) mass is 252 g/mol. The van der Waals surface area contributed by atoms with E-state index in [9.17, 15) is 0 Å². The van der Waals surface area contributed by atoms with Crippen molar-refractivity contribution in [1.29, 1.82) is 0 Å². The molecule has 0 bridgehead atoms. The van der Waals surface area contributed by atoms with Crippen molar-refractivity contribution in [3.63, 3.8) is 0 Å². The van der Waals surface area contributed by atoms with Crippen molar-refractivity contribution in [1.82, 2.24) is 19.3 Å². The number of hydrogen-bond acceptors (Lipinski definition) is 2. The Morgan fingerprint density at radius 2 is 1.94 bits per heavy atom. The SMILES string of the molecule is Cc1nn(C)c2c1[nH]c(=S)n2C(C)C(C)(C)C. The predicted octanol–water partition coefficient (Wildman–Crippen LogP) is 3.35. The van der Waals surface area contributed by atoms with E-state index < -0.39 is 0 Å². The number of hydrogen-bond donors (Lipinski definition) is 1. The van der Waals surface area contributed by atoms with Gasteiger partial charge in [-0.2, -0.15) is 5.10 Å². The first-order valence-corrected chi connectivity index (χ1v) is 6.28. The lowest BCUT2D eigenvalue weighted by molar-refractivity contribution is 0.263. The number of aryl methyl sites for hydroxylation is 2. The summed E-state index contributed by atoms with van der Waals surface area (Å²) in [5, 5.41) is 4.43. The number of nitrogens with zero attached hydrogens (tertiary/aromatic N) is 3. The van der Waals surface area contributed by atoms with Crippen LogP contribution in [0.3, 0.4) is 0 Å². The Kier molecular flexibility index (Phi) is 2.69. The summed E-state index contributed by atoms with van der Waals surface area (Å²) in [4.78, 5) is 3.26. The van der Waals surface area contributed by atoms with Gasteiger partial charge in [-0.3, -0.25) is 9.25 Å². The highest BCUT2D eigenvalue weighted by Crippen LogP contribution is 2.33. The molecule has 17 heavy (non-hydrogen) atoms. The van der Waals surface area contributed by atoms with E-state index in [1.807, 2.05) is 18.7 Å². The average Bonchev–Trinajstić information content (AvgIpc) is 2.64. The highest BCUT2D eigenvalue weighted by Gasteiger charge is 2.25. The first-order chi connectivity index (χ1) is 7.73. The Labute approximate surface area is 107 Å². The topological polar surface area (TPSA) is 38.5 Å². The predicted molar refractivity (Wildman–Crippen MR) is 72.8 cm³/mol. The second kappa shape index (κ2) is 3.70. The molecule has 0 aliphatic heterocycles. The molecule has 0 fully saturated rings. The molecule has 1 atom stereocenters. The quantitative estimate of drug-likeness (QED) is 0.790. The maximum Gasteiger partial charge on any atom is 0.179 e. The van der Waals surface area contributed by atoms with Crippen LogP contribution >= 0.6 is 12.2 Å². The fourth-order valence-corrected chi connectivity index (χ4v) is 2.43. The molecule has 2 aromatic heterocycles. The molecule has 94 valence electrons. The number of nitrogens with one attached hydrogen (secondary N) is 1. The third kappa shape index (κ3) is 1.82. The normalized spacial score (nSPS) is 14.5. The fourth-order valence-electron chi connectivity index (χ4n) is 2.08. The Bertz CT molecular complexity index is 609. The molecule has 4 nitrogen and oxygen atoms in total. The van der Waals surface area contributed by atoms with Crippen LogP contribution in [0, 0.1) is 17.1 Å². The van der Waals surface area contributed by atoms with Crippen LogP contribution in [0.15, 0.2) is 0 Å². The van der Waals surface area contributed by atoms with Crippen LogP contribution in [-0.4, -0.2) is 19.3 Å². The third-order valence-electron chi connectivity index (χ3n) is 3.51. The molecule has 0 amide bonds. The van der Waals surface area contributed by atoms with Gasteiger partial charge in [0.2, 0.25) is 0 Å². The molecule has 2 aromatic rings. The van der Waals surface area contributed by atoms with Crippen LogP contribution in [0.2, 0.25) is 0 Å². The van der Waals surface area contributed by atoms with Crippen molar-refractivity contribution >= 4 is 23.4 Å². The van der Waals surface area contributed by atoms with Crippen LogP contribution in [0.4, 0.5) is 0 Å². The summed E-state index contributed by atoms with van der Waals surface area (Å²) in [5.74, 6) is 0. The van der Waals surface area contributed by atoms with E-state index in [0.29, 0.717) is 6.04 Å². The van der Waals surface area contributed by atoms with Gasteiger partial charge in [0.25, 0.3) is 0 Å². The summed E-state index contributed by atoms with van der Waals surface area (Å²) >= 11 is 5.44. The summed E-state index contributed by atoms with van der Waals surface area (Å²) in [6.07, 6.45) is 0. The van der Waals surface area contributed by atoms with Crippen molar-refractivity contribution in [2.45, 2.75) is 40.7 Å². The summed E-state index contributed by atoms with van der Waals surface area (Å²) in [7, 11) is 1.96. The average molecular weight is 252 g/mol. The highest BCUT2D eigenvalue weighted by atomic mass is 32.1. The van der Waals surface area contributed by atoms with Gasteiger partial charge in [0, 0.05) is 13.1 Å². The third-order valence-corrected chi connectivity index (χ3v) is 3.81. The molecule has 1 unspecified atom stereocenters. The zero-order chi connectivity index (χ0) is 13.0. The van der Waals surface area contributed by atoms with Crippen molar-refractivity contribution in [2.75, 3.05) is 0 Å². The smallest absolute Gasteiger partial charge is 0.179 e. The van der Waals surface area contributed by atoms with Gasteiger partial charge in [-0.25, -0.2) is 0 Å². The first kappa shape index (κ1) is 12.4. The number of H-pyrrole nitrogens is 1.